The number of esters is 1. The zero-order valence-electron chi connectivity index (χ0n) is 9.96. The lowest BCUT2D eigenvalue weighted by molar-refractivity contribution is -0.131. The van der Waals surface area contributed by atoms with Crippen molar-refractivity contribution >= 4 is 16.9 Å². The number of aryl methyl sites for hydroxylation is 2. The second-order valence-corrected chi connectivity index (χ2v) is 4.04. The van der Waals surface area contributed by atoms with E-state index in [1.165, 1.54) is 13.0 Å². The molecule has 0 aliphatic heterocycles. The van der Waals surface area contributed by atoms with Crippen LogP contribution in [0.25, 0.3) is 10.9 Å². The Hall–Kier alpha value is -2.10. The average molecular weight is 231 g/mol. The van der Waals surface area contributed by atoms with Crippen molar-refractivity contribution in [2.75, 3.05) is 0 Å². The van der Waals surface area contributed by atoms with Crippen LogP contribution in [0.2, 0.25) is 0 Å². The summed E-state index contributed by atoms with van der Waals surface area (Å²) < 4.78 is 5.16. The predicted molar refractivity (Wildman–Crippen MR) is 65.4 cm³/mol. The van der Waals surface area contributed by atoms with E-state index in [1.54, 1.807) is 6.07 Å². The molecule has 0 bridgehead atoms. The molecule has 0 saturated carbocycles. The van der Waals surface area contributed by atoms with Crippen molar-refractivity contribution in [2.24, 2.45) is 0 Å². The number of hydrogen-bond acceptors (Lipinski definition) is 3. The summed E-state index contributed by atoms with van der Waals surface area (Å²) in [4.78, 5) is 25.1. The number of nitrogens with one attached hydrogen (secondary N) is 1. The smallest absolute Gasteiger partial charge is 0.308 e. The van der Waals surface area contributed by atoms with E-state index < -0.39 is 5.97 Å². The lowest BCUT2D eigenvalue weighted by Gasteiger charge is -2.11. The quantitative estimate of drug-likeness (QED) is 0.603. The van der Waals surface area contributed by atoms with Gasteiger partial charge in [-0.25, -0.2) is 0 Å². The third-order valence-electron chi connectivity index (χ3n) is 2.61. The van der Waals surface area contributed by atoms with Crippen molar-refractivity contribution in [2.45, 2.75) is 20.8 Å². The number of pyridine rings is 1. The summed E-state index contributed by atoms with van der Waals surface area (Å²) in [5.74, 6) is 0.0266. The van der Waals surface area contributed by atoms with Gasteiger partial charge in [-0.15, -0.1) is 0 Å². The van der Waals surface area contributed by atoms with Gasteiger partial charge in [-0.3, -0.25) is 9.59 Å². The van der Waals surface area contributed by atoms with Gasteiger partial charge in [0, 0.05) is 18.4 Å². The number of H-pyrrole nitrogens is 1. The first kappa shape index (κ1) is 11.4. The van der Waals surface area contributed by atoms with Crippen LogP contribution in [0.15, 0.2) is 23.0 Å². The van der Waals surface area contributed by atoms with E-state index in [1.807, 2.05) is 19.9 Å². The number of rotatable bonds is 1. The van der Waals surface area contributed by atoms with Crippen LogP contribution in [0.4, 0.5) is 0 Å². The van der Waals surface area contributed by atoms with E-state index in [2.05, 4.69) is 4.98 Å². The van der Waals surface area contributed by atoms with Gasteiger partial charge in [0.1, 0.15) is 0 Å². The standard InChI is InChI=1S/C13H13NO3/c1-7-6-8(2)13(17-9(3)15)12-10(7)4-5-11(16)14-12/h4-6H,1-3H3,(H,14,16). The molecule has 4 heteroatoms. The molecule has 0 unspecified atom stereocenters. The maximum Gasteiger partial charge on any atom is 0.308 e. The van der Waals surface area contributed by atoms with E-state index in [9.17, 15) is 9.59 Å². The first-order valence-corrected chi connectivity index (χ1v) is 5.30. The summed E-state index contributed by atoms with van der Waals surface area (Å²) in [5, 5.41) is 0.881. The Bertz CT molecular complexity index is 655. The molecular weight excluding hydrogens is 218 g/mol. The second-order valence-electron chi connectivity index (χ2n) is 4.04. The number of fused-ring (bicyclic) bond motifs is 1. The van der Waals surface area contributed by atoms with Gasteiger partial charge in [0.2, 0.25) is 5.56 Å². The fourth-order valence-corrected chi connectivity index (χ4v) is 1.92. The summed E-state index contributed by atoms with van der Waals surface area (Å²) in [6.45, 7) is 5.13. The van der Waals surface area contributed by atoms with E-state index in [0.29, 0.717) is 11.3 Å². The summed E-state index contributed by atoms with van der Waals surface area (Å²) in [5.41, 5.74) is 2.22. The fourth-order valence-electron chi connectivity index (χ4n) is 1.92. The molecule has 0 fully saturated rings. The van der Waals surface area contributed by atoms with Gasteiger partial charge in [-0.05, 0) is 31.0 Å². The summed E-state index contributed by atoms with van der Waals surface area (Å²) in [7, 11) is 0. The van der Waals surface area contributed by atoms with Crippen LogP contribution in [0.5, 0.6) is 5.75 Å². The zero-order chi connectivity index (χ0) is 12.6. The Morgan fingerprint density at radius 2 is 1.94 bits per heavy atom. The third kappa shape index (κ3) is 2.06. The van der Waals surface area contributed by atoms with Crippen molar-refractivity contribution in [3.63, 3.8) is 0 Å². The number of ether oxygens (including phenoxy) is 1. The van der Waals surface area contributed by atoms with Gasteiger partial charge in [-0.1, -0.05) is 6.07 Å². The first-order chi connectivity index (χ1) is 7.99. The highest BCUT2D eigenvalue weighted by molar-refractivity contribution is 5.90. The minimum atomic E-state index is -0.400. The highest BCUT2D eigenvalue weighted by Gasteiger charge is 2.11. The number of hydrogen-bond donors (Lipinski definition) is 1. The van der Waals surface area contributed by atoms with E-state index >= 15 is 0 Å². The van der Waals surface area contributed by atoms with Crippen molar-refractivity contribution in [3.8, 4) is 5.75 Å². The summed E-state index contributed by atoms with van der Waals surface area (Å²) in [6, 6.07) is 5.12. The van der Waals surface area contributed by atoms with Crippen LogP contribution in [0, 0.1) is 13.8 Å². The molecule has 2 rings (SSSR count). The maximum absolute atomic E-state index is 11.3. The van der Waals surface area contributed by atoms with E-state index in [0.717, 1.165) is 16.5 Å². The van der Waals surface area contributed by atoms with Crippen molar-refractivity contribution in [1.29, 1.82) is 0 Å². The van der Waals surface area contributed by atoms with Gasteiger partial charge < -0.3 is 9.72 Å². The number of benzene rings is 1. The third-order valence-corrected chi connectivity index (χ3v) is 2.61. The monoisotopic (exact) mass is 231 g/mol. The van der Waals surface area contributed by atoms with E-state index in [-0.39, 0.29) is 5.56 Å². The lowest BCUT2D eigenvalue weighted by atomic mass is 10.1. The Balaban J connectivity index is 2.84. The van der Waals surface area contributed by atoms with Crippen LogP contribution in [-0.4, -0.2) is 11.0 Å². The Kier molecular flexibility index (Phi) is 2.71. The van der Waals surface area contributed by atoms with Crippen LogP contribution in [0.1, 0.15) is 18.1 Å². The highest BCUT2D eigenvalue weighted by Crippen LogP contribution is 2.29. The Morgan fingerprint density at radius 1 is 1.24 bits per heavy atom. The van der Waals surface area contributed by atoms with Gasteiger partial charge in [0.05, 0.1) is 5.52 Å². The molecule has 0 radical (unpaired) electrons. The highest BCUT2D eigenvalue weighted by atomic mass is 16.5. The molecule has 88 valence electrons. The molecule has 1 aromatic carbocycles. The molecule has 0 atom stereocenters. The molecule has 1 N–H and O–H groups in total. The molecule has 1 heterocycles. The molecule has 4 nitrogen and oxygen atoms in total. The van der Waals surface area contributed by atoms with E-state index in [4.69, 9.17) is 4.74 Å². The zero-order valence-corrected chi connectivity index (χ0v) is 9.96. The molecule has 0 aliphatic carbocycles. The molecule has 1 aromatic heterocycles. The van der Waals surface area contributed by atoms with Crippen LogP contribution in [0.3, 0.4) is 0 Å². The van der Waals surface area contributed by atoms with Crippen molar-refractivity contribution in [3.05, 3.63) is 39.7 Å². The number of carbonyl (C=O) groups is 1. The molecule has 2 aromatic rings. The van der Waals surface area contributed by atoms with Gasteiger partial charge in [0.25, 0.3) is 0 Å². The summed E-state index contributed by atoms with van der Waals surface area (Å²) >= 11 is 0. The van der Waals surface area contributed by atoms with Crippen molar-refractivity contribution < 1.29 is 9.53 Å². The summed E-state index contributed by atoms with van der Waals surface area (Å²) in [6.07, 6.45) is 0. The van der Waals surface area contributed by atoms with Gasteiger partial charge in [0.15, 0.2) is 5.75 Å². The van der Waals surface area contributed by atoms with Crippen LogP contribution < -0.4 is 10.3 Å². The SMILES string of the molecule is CC(=O)Oc1c(C)cc(C)c2ccc(=O)[nH]c12. The predicted octanol–water partition coefficient (Wildman–Crippen LogP) is 2.07. The maximum atomic E-state index is 11.3. The normalized spacial score (nSPS) is 10.5. The van der Waals surface area contributed by atoms with Gasteiger partial charge >= 0.3 is 5.97 Å². The molecule has 0 amide bonds. The average Bonchev–Trinajstić information content (AvgIpc) is 2.23. The van der Waals surface area contributed by atoms with Crippen molar-refractivity contribution in [1.82, 2.24) is 4.98 Å². The molecule has 17 heavy (non-hydrogen) atoms. The minimum absolute atomic E-state index is 0.212. The number of aromatic amines is 1. The fraction of sp³-hybridized carbons (Fsp3) is 0.231. The Labute approximate surface area is 98.2 Å². The largest absolute Gasteiger partial charge is 0.424 e. The minimum Gasteiger partial charge on any atom is -0.424 e. The lowest BCUT2D eigenvalue weighted by Crippen LogP contribution is -2.08. The molecule has 0 aliphatic rings. The number of carbonyl (C=O) groups excluding carboxylic acids is 1. The van der Waals surface area contributed by atoms with Crippen LogP contribution in [-0.2, 0) is 4.79 Å². The molecule has 0 saturated heterocycles. The first-order valence-electron chi connectivity index (χ1n) is 5.30. The van der Waals surface area contributed by atoms with Crippen LogP contribution >= 0.6 is 0 Å². The molecule has 0 spiro atoms. The molecular formula is C13H13NO3. The van der Waals surface area contributed by atoms with Gasteiger partial charge in [-0.2, -0.15) is 0 Å². The number of aromatic nitrogens is 1. The Morgan fingerprint density at radius 3 is 2.59 bits per heavy atom. The topological polar surface area (TPSA) is 59.2 Å². The second kappa shape index (κ2) is 4.05.